The molecule has 0 amide bonds. The topological polar surface area (TPSA) is 0 Å². The molecule has 0 bridgehead atoms. The summed E-state index contributed by atoms with van der Waals surface area (Å²) in [6.45, 7) is 7.04. The Hall–Kier alpha value is -1.79. The van der Waals surface area contributed by atoms with Crippen LogP contribution in [-0.2, 0) is 26.7 Å². The van der Waals surface area contributed by atoms with Gasteiger partial charge in [0.1, 0.15) is 0 Å². The fourth-order valence-electron chi connectivity index (χ4n) is 5.08. The van der Waals surface area contributed by atoms with Gasteiger partial charge in [-0.3, -0.25) is 0 Å². The minimum atomic E-state index is -2.41. The maximum Gasteiger partial charge on any atom is -1.00 e. The van der Waals surface area contributed by atoms with Gasteiger partial charge in [-0.1, -0.05) is 0 Å². The van der Waals surface area contributed by atoms with E-state index in [-0.39, 0.29) is 30.2 Å². The van der Waals surface area contributed by atoms with Crippen molar-refractivity contribution in [2.45, 2.75) is 36.2 Å². The fraction of sp³-hybridized carbons (Fsp3) is 0.194. The van der Waals surface area contributed by atoms with Gasteiger partial charge in [0.2, 0.25) is 0 Å². The second-order valence-electron chi connectivity index (χ2n) is 9.74. The molecule has 0 heterocycles. The molecule has 2 aliphatic carbocycles. The molecule has 0 spiro atoms. The number of halogens is 2. The van der Waals surface area contributed by atoms with Gasteiger partial charge < -0.3 is 24.8 Å². The van der Waals surface area contributed by atoms with Gasteiger partial charge in [0, 0.05) is 0 Å². The van der Waals surface area contributed by atoms with Gasteiger partial charge in [-0.15, -0.1) is 0 Å². The number of fused-ring (bicyclic) bond motifs is 1. The van der Waals surface area contributed by atoms with Crippen molar-refractivity contribution < 1.29 is 46.1 Å². The van der Waals surface area contributed by atoms with Crippen molar-refractivity contribution in [1.29, 1.82) is 0 Å². The average molecular weight is 565 g/mol. The molecule has 3 aromatic carbocycles. The van der Waals surface area contributed by atoms with E-state index in [9.17, 15) is 0 Å². The zero-order chi connectivity index (χ0) is 22.1. The van der Waals surface area contributed by atoms with Crippen molar-refractivity contribution in [2.24, 2.45) is 0 Å². The summed E-state index contributed by atoms with van der Waals surface area (Å²) in [6, 6.07) is 29.4. The molecule has 0 N–H and O–H groups in total. The molecule has 3 heteroatoms. The van der Waals surface area contributed by atoms with Crippen LogP contribution in [0.4, 0.5) is 0 Å². The Bertz CT molecular complexity index is 1270. The SMILES string of the molecule is CC(C)(C)c1ccccc1[C](c1ccccc1)=[Zr+2]([C]1=CC=CC1)[CH]1C=Cc2ccccc21.[Cl-].[Cl-]. The summed E-state index contributed by atoms with van der Waals surface area (Å²) in [5, 5.41) is 0. The summed E-state index contributed by atoms with van der Waals surface area (Å²) < 4.78 is 3.86. The second kappa shape index (κ2) is 11.3. The van der Waals surface area contributed by atoms with Crippen LogP contribution in [0.2, 0.25) is 0 Å². The van der Waals surface area contributed by atoms with Crippen LogP contribution in [0.25, 0.3) is 6.08 Å². The standard InChI is InChI=1S/C17H18.C9H7.C5H5.2ClH.Zr/c1-17(2,3)16-12-8-7-11-15(16)13-14-9-5-4-6-10-14;1-2-5-9-7-3-6-8(9)4-1;1-2-4-5-3-1;;;/h4-12H,1-3H3;1-7H;1-3H,4H2;2*1H;/q;;;;;+2/p-2. The first kappa shape index (κ1) is 26.8. The number of benzene rings is 3. The van der Waals surface area contributed by atoms with E-state index >= 15 is 0 Å². The Balaban J connectivity index is 0.00000162. The maximum absolute atomic E-state index is 2.52. The van der Waals surface area contributed by atoms with Gasteiger partial charge in [-0.25, -0.2) is 0 Å². The Morgan fingerprint density at radius 1 is 0.824 bits per heavy atom. The summed E-state index contributed by atoms with van der Waals surface area (Å²) >= 11 is -2.41. The minimum Gasteiger partial charge on any atom is -1.00 e. The third-order valence-corrected chi connectivity index (χ3v) is 14.6. The van der Waals surface area contributed by atoms with Crippen molar-refractivity contribution in [3.63, 3.8) is 0 Å². The zero-order valence-corrected chi connectivity index (χ0v) is 23.9. The predicted octanol–water partition coefficient (Wildman–Crippen LogP) is 1.79. The number of hydrogen-bond donors (Lipinski definition) is 0. The quantitative estimate of drug-likeness (QED) is 0.454. The Morgan fingerprint density at radius 2 is 1.50 bits per heavy atom. The summed E-state index contributed by atoms with van der Waals surface area (Å²) in [5.74, 6) is 0. The molecule has 3 aromatic rings. The van der Waals surface area contributed by atoms with Crippen LogP contribution in [0, 0.1) is 0 Å². The maximum atomic E-state index is 2.52. The molecule has 172 valence electrons. The smallest absolute Gasteiger partial charge is 1.00 e. The van der Waals surface area contributed by atoms with E-state index in [0.29, 0.717) is 3.63 Å². The van der Waals surface area contributed by atoms with E-state index in [4.69, 9.17) is 0 Å². The summed E-state index contributed by atoms with van der Waals surface area (Å²) in [5.41, 5.74) is 7.35. The van der Waals surface area contributed by atoms with E-state index in [1.807, 2.05) is 0 Å². The largest absolute Gasteiger partial charge is 1.00 e. The summed E-state index contributed by atoms with van der Waals surface area (Å²) in [7, 11) is 0. The number of hydrogen-bond acceptors (Lipinski definition) is 0. The molecule has 0 aromatic heterocycles. The average Bonchev–Trinajstić information content (AvgIpc) is 3.48. The second-order valence-corrected chi connectivity index (χ2v) is 16.1. The van der Waals surface area contributed by atoms with Gasteiger partial charge in [0.25, 0.3) is 0 Å². The van der Waals surface area contributed by atoms with E-state index in [1.54, 1.807) is 6.49 Å². The van der Waals surface area contributed by atoms with Crippen molar-refractivity contribution in [3.8, 4) is 0 Å². The van der Waals surface area contributed by atoms with Crippen LogP contribution in [0.5, 0.6) is 0 Å². The molecule has 0 nitrogen and oxygen atoms in total. The Kier molecular flexibility index (Phi) is 8.91. The fourth-order valence-corrected chi connectivity index (χ4v) is 13.7. The Morgan fingerprint density at radius 3 is 2.21 bits per heavy atom. The van der Waals surface area contributed by atoms with E-state index in [1.165, 1.54) is 27.8 Å². The van der Waals surface area contributed by atoms with Crippen molar-refractivity contribution >= 4 is 9.28 Å². The van der Waals surface area contributed by atoms with E-state index in [2.05, 4.69) is 130 Å². The van der Waals surface area contributed by atoms with Crippen molar-refractivity contribution in [3.05, 3.63) is 134 Å². The van der Waals surface area contributed by atoms with E-state index in [0.717, 1.165) is 6.42 Å². The van der Waals surface area contributed by atoms with Crippen LogP contribution in [0.1, 0.15) is 58.6 Å². The van der Waals surface area contributed by atoms with Crippen molar-refractivity contribution in [2.75, 3.05) is 0 Å². The molecule has 2 aliphatic rings. The summed E-state index contributed by atoms with van der Waals surface area (Å²) in [4.78, 5) is 0. The molecule has 1 atom stereocenters. The van der Waals surface area contributed by atoms with Gasteiger partial charge >= 0.3 is 201 Å². The summed E-state index contributed by atoms with van der Waals surface area (Å²) in [6.07, 6.45) is 13.0. The zero-order valence-electron chi connectivity index (χ0n) is 19.9. The number of allylic oxidation sites excluding steroid dienone is 5. The predicted molar refractivity (Wildman–Crippen MR) is 135 cm³/mol. The molecule has 0 fully saturated rings. The van der Waals surface area contributed by atoms with Crippen LogP contribution < -0.4 is 24.8 Å². The van der Waals surface area contributed by atoms with Crippen LogP contribution in [-0.4, -0.2) is 3.21 Å². The third kappa shape index (κ3) is 5.23. The van der Waals surface area contributed by atoms with Crippen LogP contribution >= 0.6 is 0 Å². The normalized spacial score (nSPS) is 16.3. The molecule has 5 rings (SSSR count). The van der Waals surface area contributed by atoms with Gasteiger partial charge in [0.05, 0.1) is 0 Å². The molecule has 1 unspecified atom stereocenters. The van der Waals surface area contributed by atoms with Gasteiger partial charge in [-0.2, -0.15) is 0 Å². The van der Waals surface area contributed by atoms with Crippen LogP contribution in [0.3, 0.4) is 0 Å². The first-order valence-electron chi connectivity index (χ1n) is 11.6. The molecule has 0 aliphatic heterocycles. The van der Waals surface area contributed by atoms with Gasteiger partial charge in [0.15, 0.2) is 0 Å². The Labute approximate surface area is 224 Å². The minimum absolute atomic E-state index is 0. The molecule has 0 saturated carbocycles. The monoisotopic (exact) mass is 562 g/mol. The van der Waals surface area contributed by atoms with Crippen LogP contribution in [0.15, 0.2) is 106 Å². The first-order chi connectivity index (χ1) is 15.5. The third-order valence-electron chi connectivity index (χ3n) is 6.56. The van der Waals surface area contributed by atoms with E-state index < -0.39 is 21.3 Å². The molecular weight excluding hydrogens is 534 g/mol. The molecule has 34 heavy (non-hydrogen) atoms. The number of rotatable bonds is 4. The molecule has 0 radical (unpaired) electrons. The molecule has 0 saturated heterocycles. The van der Waals surface area contributed by atoms with Crippen molar-refractivity contribution in [1.82, 2.24) is 0 Å². The molecular formula is C31H30Cl2Zr. The first-order valence-corrected chi connectivity index (χ1v) is 15.4. The van der Waals surface area contributed by atoms with Gasteiger partial charge in [-0.05, 0) is 0 Å².